The van der Waals surface area contributed by atoms with E-state index in [2.05, 4.69) is 38.2 Å². The zero-order valence-corrected chi connectivity index (χ0v) is 11.5. The van der Waals surface area contributed by atoms with Crippen molar-refractivity contribution in [1.29, 1.82) is 0 Å². The molecule has 0 aliphatic heterocycles. The number of H-pyrrole nitrogens is 1. The summed E-state index contributed by atoms with van der Waals surface area (Å²) in [7, 11) is 1.82. The van der Waals surface area contributed by atoms with E-state index in [4.69, 9.17) is 0 Å². The Bertz CT molecular complexity index is 674. The molecule has 0 fully saturated rings. The van der Waals surface area contributed by atoms with E-state index in [1.54, 1.807) is 23.7 Å². The van der Waals surface area contributed by atoms with Crippen LogP contribution in [0.2, 0.25) is 0 Å². The number of aryl methyl sites for hydroxylation is 1. The molecule has 0 amide bonds. The molecular weight excluding hydrogens is 266 g/mol. The number of imidazole rings is 1. The summed E-state index contributed by atoms with van der Waals surface area (Å²) in [4.78, 5) is 18.5. The Balaban J connectivity index is 2.13. The minimum absolute atomic E-state index is 0.637. The van der Waals surface area contributed by atoms with Gasteiger partial charge in [0.25, 0.3) is 0 Å². The van der Waals surface area contributed by atoms with Crippen LogP contribution in [0.15, 0.2) is 28.6 Å². The lowest BCUT2D eigenvalue weighted by atomic mass is 10.4. The molecule has 0 radical (unpaired) electrons. The third-order valence-electron chi connectivity index (χ3n) is 2.37. The van der Waals surface area contributed by atoms with Crippen LogP contribution >= 0.6 is 23.1 Å². The highest BCUT2D eigenvalue weighted by Crippen LogP contribution is 2.34. The van der Waals surface area contributed by atoms with Crippen LogP contribution in [-0.2, 0) is 0 Å². The Morgan fingerprint density at radius 1 is 1.39 bits per heavy atom. The van der Waals surface area contributed by atoms with Gasteiger partial charge in [0, 0.05) is 29.7 Å². The number of hydrogen-bond acceptors (Lipinski definition) is 6. The molecular formula is C11H11N5S2. The number of aromatic amines is 1. The summed E-state index contributed by atoms with van der Waals surface area (Å²) in [5, 5.41) is 5.82. The summed E-state index contributed by atoms with van der Waals surface area (Å²) in [5.74, 6) is 0.637. The summed E-state index contributed by atoms with van der Waals surface area (Å²) in [6.45, 7) is 2.08. The molecule has 0 aliphatic rings. The number of aromatic nitrogens is 4. The second kappa shape index (κ2) is 4.58. The lowest BCUT2D eigenvalue weighted by Crippen LogP contribution is -1.97. The van der Waals surface area contributed by atoms with Gasteiger partial charge < -0.3 is 10.3 Å². The molecule has 0 unspecified atom stereocenters. The number of nitrogens with one attached hydrogen (secondary N) is 2. The highest BCUT2D eigenvalue weighted by Gasteiger charge is 2.12. The van der Waals surface area contributed by atoms with Crippen LogP contribution in [0.25, 0.3) is 10.2 Å². The van der Waals surface area contributed by atoms with Crippen LogP contribution in [0.1, 0.15) is 4.88 Å². The SMILES string of the molecule is CNc1nc(Sc2ncc[nH]2)c2cc(C)sc2n1. The van der Waals surface area contributed by atoms with Gasteiger partial charge in [-0.2, -0.15) is 0 Å². The molecule has 0 spiro atoms. The molecule has 0 aliphatic carbocycles. The lowest BCUT2D eigenvalue weighted by molar-refractivity contribution is 1.04. The van der Waals surface area contributed by atoms with Crippen LogP contribution in [0.4, 0.5) is 5.95 Å². The maximum absolute atomic E-state index is 4.49. The first-order valence-electron chi connectivity index (χ1n) is 5.39. The maximum atomic E-state index is 4.49. The van der Waals surface area contributed by atoms with E-state index in [1.165, 1.54) is 16.6 Å². The number of anilines is 1. The standard InChI is InChI=1S/C11H11N5S2/c1-6-5-7-8(17-6)15-10(12-2)16-9(7)18-11-13-3-4-14-11/h3-5H,1-2H3,(H,13,14)(H,12,15,16). The summed E-state index contributed by atoms with van der Waals surface area (Å²) < 4.78 is 0. The van der Waals surface area contributed by atoms with Crippen molar-refractivity contribution in [1.82, 2.24) is 19.9 Å². The first kappa shape index (κ1) is 11.5. The number of fused-ring (bicyclic) bond motifs is 1. The monoisotopic (exact) mass is 277 g/mol. The molecule has 3 aromatic rings. The summed E-state index contributed by atoms with van der Waals surface area (Å²) >= 11 is 3.19. The van der Waals surface area contributed by atoms with Crippen molar-refractivity contribution in [3.63, 3.8) is 0 Å². The van der Waals surface area contributed by atoms with Crippen molar-refractivity contribution in [2.24, 2.45) is 0 Å². The topological polar surface area (TPSA) is 66.5 Å². The number of nitrogens with zero attached hydrogens (tertiary/aromatic N) is 3. The number of rotatable bonds is 3. The molecule has 0 aromatic carbocycles. The van der Waals surface area contributed by atoms with E-state index < -0.39 is 0 Å². The highest BCUT2D eigenvalue weighted by molar-refractivity contribution is 7.99. The molecule has 0 saturated carbocycles. The van der Waals surface area contributed by atoms with Gasteiger partial charge >= 0.3 is 0 Å². The van der Waals surface area contributed by atoms with Crippen LogP contribution in [0.5, 0.6) is 0 Å². The van der Waals surface area contributed by atoms with Crippen LogP contribution in [-0.4, -0.2) is 27.0 Å². The van der Waals surface area contributed by atoms with Crippen molar-refractivity contribution >= 4 is 39.3 Å². The Morgan fingerprint density at radius 3 is 3.00 bits per heavy atom. The fourth-order valence-electron chi connectivity index (χ4n) is 1.60. The minimum atomic E-state index is 0.637. The number of hydrogen-bond donors (Lipinski definition) is 2. The van der Waals surface area contributed by atoms with E-state index in [9.17, 15) is 0 Å². The Labute approximate surface area is 112 Å². The molecule has 5 nitrogen and oxygen atoms in total. The van der Waals surface area contributed by atoms with Gasteiger partial charge in [-0.3, -0.25) is 0 Å². The molecule has 0 atom stereocenters. The largest absolute Gasteiger partial charge is 0.357 e. The molecule has 92 valence electrons. The first-order chi connectivity index (χ1) is 8.76. The van der Waals surface area contributed by atoms with E-state index in [1.807, 2.05) is 7.05 Å². The van der Waals surface area contributed by atoms with Crippen LogP contribution in [0.3, 0.4) is 0 Å². The van der Waals surface area contributed by atoms with Gasteiger partial charge in [-0.15, -0.1) is 11.3 Å². The Hall–Kier alpha value is -1.60. The summed E-state index contributed by atoms with van der Waals surface area (Å²) in [6.07, 6.45) is 3.54. The van der Waals surface area contributed by atoms with Gasteiger partial charge in [0.2, 0.25) is 5.95 Å². The maximum Gasteiger partial charge on any atom is 0.224 e. The molecule has 2 N–H and O–H groups in total. The van der Waals surface area contributed by atoms with Crippen molar-refractivity contribution in [3.8, 4) is 0 Å². The zero-order chi connectivity index (χ0) is 12.5. The van der Waals surface area contributed by atoms with E-state index in [0.29, 0.717) is 5.95 Å². The van der Waals surface area contributed by atoms with Gasteiger partial charge in [0.15, 0.2) is 5.16 Å². The first-order valence-corrected chi connectivity index (χ1v) is 7.03. The van der Waals surface area contributed by atoms with E-state index >= 15 is 0 Å². The zero-order valence-electron chi connectivity index (χ0n) is 9.89. The van der Waals surface area contributed by atoms with Gasteiger partial charge in [0.1, 0.15) is 9.86 Å². The highest BCUT2D eigenvalue weighted by atomic mass is 32.2. The van der Waals surface area contributed by atoms with Crippen LogP contribution < -0.4 is 5.32 Å². The lowest BCUT2D eigenvalue weighted by Gasteiger charge is -2.03. The third kappa shape index (κ3) is 2.06. The van der Waals surface area contributed by atoms with Gasteiger partial charge in [0.05, 0.1) is 0 Å². The minimum Gasteiger partial charge on any atom is -0.357 e. The Morgan fingerprint density at radius 2 is 2.28 bits per heavy atom. The van der Waals surface area contributed by atoms with Gasteiger partial charge in [-0.1, -0.05) is 0 Å². The molecule has 3 rings (SSSR count). The predicted molar refractivity (Wildman–Crippen MR) is 74.4 cm³/mol. The molecule has 18 heavy (non-hydrogen) atoms. The van der Waals surface area contributed by atoms with Gasteiger partial charge in [-0.25, -0.2) is 15.0 Å². The van der Waals surface area contributed by atoms with Crippen LogP contribution in [0, 0.1) is 6.92 Å². The Kier molecular flexibility index (Phi) is 2.92. The average molecular weight is 277 g/mol. The second-order valence-corrected chi connectivity index (χ2v) is 5.89. The normalized spacial score (nSPS) is 11.0. The molecule has 0 saturated heterocycles. The molecule has 7 heteroatoms. The number of thiophene rings is 1. The fraction of sp³-hybridized carbons (Fsp3) is 0.182. The molecule has 3 heterocycles. The summed E-state index contributed by atoms with van der Waals surface area (Å²) in [5.41, 5.74) is 0. The second-order valence-electron chi connectivity index (χ2n) is 3.67. The predicted octanol–water partition coefficient (Wildman–Crippen LogP) is 2.92. The third-order valence-corrected chi connectivity index (χ3v) is 4.24. The van der Waals surface area contributed by atoms with Crippen molar-refractivity contribution in [3.05, 3.63) is 23.3 Å². The van der Waals surface area contributed by atoms with Crippen molar-refractivity contribution < 1.29 is 0 Å². The van der Waals surface area contributed by atoms with E-state index in [-0.39, 0.29) is 0 Å². The average Bonchev–Trinajstić information content (AvgIpc) is 2.97. The van der Waals surface area contributed by atoms with Crippen molar-refractivity contribution in [2.75, 3.05) is 12.4 Å². The van der Waals surface area contributed by atoms with Crippen molar-refractivity contribution in [2.45, 2.75) is 17.1 Å². The van der Waals surface area contributed by atoms with E-state index in [0.717, 1.165) is 20.4 Å². The molecule has 3 aromatic heterocycles. The smallest absolute Gasteiger partial charge is 0.224 e. The summed E-state index contributed by atoms with van der Waals surface area (Å²) in [6, 6.07) is 2.12. The van der Waals surface area contributed by atoms with Gasteiger partial charge in [-0.05, 0) is 24.8 Å². The fourth-order valence-corrected chi connectivity index (χ4v) is 3.37. The molecule has 0 bridgehead atoms. The quantitative estimate of drug-likeness (QED) is 0.721.